The molecule has 3 rings (SSSR count). The number of alkyl halides is 3. The monoisotopic (exact) mass is 425 g/mol. The van der Waals surface area contributed by atoms with Crippen LogP contribution in [0, 0.1) is 5.92 Å². The third-order valence-corrected chi connectivity index (χ3v) is 5.83. The molecule has 1 fully saturated rings. The van der Waals surface area contributed by atoms with E-state index >= 15 is 0 Å². The molecular formula is C22H23ClF3NO2. The molecule has 7 heteroatoms. The predicted molar refractivity (Wildman–Crippen MR) is 106 cm³/mol. The van der Waals surface area contributed by atoms with Gasteiger partial charge in [-0.2, -0.15) is 13.2 Å². The van der Waals surface area contributed by atoms with Crippen molar-refractivity contribution in [3.8, 4) is 0 Å². The number of piperidine rings is 1. The molecule has 156 valence electrons. The lowest BCUT2D eigenvalue weighted by Crippen LogP contribution is -2.41. The minimum absolute atomic E-state index is 0.236. The largest absolute Gasteiger partial charge is 0.481 e. The molecule has 0 radical (unpaired) electrons. The first-order chi connectivity index (χ1) is 13.7. The standard InChI is InChI=1S/C22H23ClF3NO2/c1-2-14-5-7-15(8-6-14)20(27-11-3-4-16(13-27)21(28)29)18-12-17(22(24,25)26)9-10-19(18)23/h5-10,12,16,20H,2-4,11,13H2,1H3,(H,28,29). The van der Waals surface area contributed by atoms with Gasteiger partial charge in [0.05, 0.1) is 17.5 Å². The molecule has 0 bridgehead atoms. The van der Waals surface area contributed by atoms with Gasteiger partial charge in [0.2, 0.25) is 0 Å². The molecule has 2 unspecified atom stereocenters. The lowest BCUT2D eigenvalue weighted by atomic mass is 9.90. The first-order valence-electron chi connectivity index (χ1n) is 9.63. The molecule has 2 atom stereocenters. The van der Waals surface area contributed by atoms with Gasteiger partial charge in [-0.25, -0.2) is 0 Å². The van der Waals surface area contributed by atoms with Gasteiger partial charge >= 0.3 is 12.1 Å². The second-order valence-electron chi connectivity index (χ2n) is 7.40. The van der Waals surface area contributed by atoms with Crippen LogP contribution in [0.25, 0.3) is 0 Å². The van der Waals surface area contributed by atoms with Crippen LogP contribution in [-0.2, 0) is 17.4 Å². The van der Waals surface area contributed by atoms with Crippen LogP contribution in [0.3, 0.4) is 0 Å². The maximum Gasteiger partial charge on any atom is 0.416 e. The van der Waals surface area contributed by atoms with Crippen LogP contribution in [-0.4, -0.2) is 29.1 Å². The number of nitrogens with zero attached hydrogens (tertiary/aromatic N) is 1. The Labute approximate surface area is 173 Å². The van der Waals surface area contributed by atoms with Crippen LogP contribution in [0.15, 0.2) is 42.5 Å². The molecule has 1 aliphatic heterocycles. The van der Waals surface area contributed by atoms with Gasteiger partial charge in [-0.3, -0.25) is 9.69 Å². The molecule has 0 amide bonds. The smallest absolute Gasteiger partial charge is 0.416 e. The fourth-order valence-corrected chi connectivity index (χ4v) is 4.12. The lowest BCUT2D eigenvalue weighted by molar-refractivity contribution is -0.143. The number of carbonyl (C=O) groups is 1. The second kappa shape index (κ2) is 8.76. The van der Waals surface area contributed by atoms with E-state index in [0.717, 1.165) is 29.7 Å². The van der Waals surface area contributed by atoms with Crippen molar-refractivity contribution in [2.75, 3.05) is 13.1 Å². The minimum atomic E-state index is -4.48. The summed E-state index contributed by atoms with van der Waals surface area (Å²) in [6, 6.07) is 10.5. The Bertz CT molecular complexity index is 867. The average molecular weight is 426 g/mol. The van der Waals surface area contributed by atoms with Crippen molar-refractivity contribution in [3.63, 3.8) is 0 Å². The van der Waals surface area contributed by atoms with Crippen molar-refractivity contribution in [3.05, 3.63) is 69.7 Å². The molecule has 1 heterocycles. The minimum Gasteiger partial charge on any atom is -0.481 e. The van der Waals surface area contributed by atoms with Crippen LogP contribution in [0.5, 0.6) is 0 Å². The number of aliphatic carboxylic acids is 1. The zero-order valence-electron chi connectivity index (χ0n) is 16.0. The van der Waals surface area contributed by atoms with E-state index in [1.54, 1.807) is 0 Å². The maximum atomic E-state index is 13.3. The highest BCUT2D eigenvalue weighted by Crippen LogP contribution is 2.39. The molecule has 1 N–H and O–H groups in total. The van der Waals surface area contributed by atoms with Crippen LogP contribution < -0.4 is 0 Å². The number of hydrogen-bond donors (Lipinski definition) is 1. The normalized spacial score (nSPS) is 19.1. The molecular weight excluding hydrogens is 403 g/mol. The van der Waals surface area contributed by atoms with Crippen molar-refractivity contribution in [1.29, 1.82) is 0 Å². The van der Waals surface area contributed by atoms with Gasteiger partial charge in [0.15, 0.2) is 0 Å². The number of hydrogen-bond acceptors (Lipinski definition) is 2. The number of likely N-dealkylation sites (tertiary alicyclic amines) is 1. The number of carboxylic acid groups (broad SMARTS) is 1. The molecule has 3 nitrogen and oxygen atoms in total. The molecule has 0 spiro atoms. The van der Waals surface area contributed by atoms with E-state index in [4.69, 9.17) is 11.6 Å². The van der Waals surface area contributed by atoms with Gasteiger partial charge in [-0.05, 0) is 60.7 Å². The van der Waals surface area contributed by atoms with Crippen molar-refractivity contribution >= 4 is 17.6 Å². The molecule has 0 aliphatic carbocycles. The highest BCUT2D eigenvalue weighted by Gasteiger charge is 2.35. The van der Waals surface area contributed by atoms with E-state index in [1.165, 1.54) is 6.07 Å². The second-order valence-corrected chi connectivity index (χ2v) is 7.81. The van der Waals surface area contributed by atoms with Gasteiger partial charge in [0.1, 0.15) is 0 Å². The summed E-state index contributed by atoms with van der Waals surface area (Å²) in [5, 5.41) is 9.69. The Morgan fingerprint density at radius 1 is 1.24 bits per heavy atom. The Balaban J connectivity index is 2.09. The number of benzene rings is 2. The quantitative estimate of drug-likeness (QED) is 0.657. The molecule has 2 aromatic carbocycles. The lowest BCUT2D eigenvalue weighted by Gasteiger charge is -2.38. The Morgan fingerprint density at radius 3 is 2.52 bits per heavy atom. The van der Waals surface area contributed by atoms with E-state index in [0.29, 0.717) is 24.9 Å². The molecule has 0 aromatic heterocycles. The fraction of sp³-hybridized carbons (Fsp3) is 0.409. The third kappa shape index (κ3) is 4.93. The molecule has 0 saturated carbocycles. The maximum absolute atomic E-state index is 13.3. The first kappa shape index (κ1) is 21.7. The fourth-order valence-electron chi connectivity index (χ4n) is 3.89. The van der Waals surface area contributed by atoms with Gasteiger partial charge in [-0.1, -0.05) is 42.8 Å². The summed E-state index contributed by atoms with van der Waals surface area (Å²) in [5.74, 6) is -1.43. The highest BCUT2D eigenvalue weighted by atomic mass is 35.5. The zero-order valence-corrected chi connectivity index (χ0v) is 16.8. The summed E-state index contributed by atoms with van der Waals surface area (Å²) in [4.78, 5) is 13.5. The van der Waals surface area contributed by atoms with Crippen molar-refractivity contribution in [2.45, 2.75) is 38.4 Å². The molecule has 29 heavy (non-hydrogen) atoms. The third-order valence-electron chi connectivity index (χ3n) is 5.49. The number of halogens is 4. The van der Waals surface area contributed by atoms with Crippen LogP contribution in [0.1, 0.15) is 48.1 Å². The van der Waals surface area contributed by atoms with E-state index in [9.17, 15) is 23.1 Å². The summed E-state index contributed by atoms with van der Waals surface area (Å²) in [6.45, 7) is 2.89. The Hall–Kier alpha value is -2.05. The van der Waals surface area contributed by atoms with Crippen molar-refractivity contribution in [1.82, 2.24) is 4.90 Å². The van der Waals surface area contributed by atoms with Crippen molar-refractivity contribution in [2.24, 2.45) is 5.92 Å². The number of rotatable bonds is 5. The Kier molecular flexibility index (Phi) is 6.54. The number of aryl methyl sites for hydroxylation is 1. The van der Waals surface area contributed by atoms with Crippen molar-refractivity contribution < 1.29 is 23.1 Å². The van der Waals surface area contributed by atoms with Gasteiger partial charge in [0.25, 0.3) is 0 Å². The first-order valence-corrected chi connectivity index (χ1v) is 10.0. The van der Waals surface area contributed by atoms with Gasteiger partial charge in [0, 0.05) is 11.6 Å². The summed E-state index contributed by atoms with van der Waals surface area (Å²) >= 11 is 6.36. The van der Waals surface area contributed by atoms with Gasteiger partial charge in [-0.15, -0.1) is 0 Å². The molecule has 1 saturated heterocycles. The average Bonchev–Trinajstić information content (AvgIpc) is 2.69. The summed E-state index contributed by atoms with van der Waals surface area (Å²) in [6.07, 6.45) is -2.41. The van der Waals surface area contributed by atoms with Crippen LogP contribution in [0.4, 0.5) is 13.2 Å². The van der Waals surface area contributed by atoms with E-state index in [2.05, 4.69) is 0 Å². The Morgan fingerprint density at radius 2 is 1.93 bits per heavy atom. The summed E-state index contributed by atoms with van der Waals surface area (Å²) < 4.78 is 40.0. The van der Waals surface area contributed by atoms with E-state index < -0.39 is 29.7 Å². The van der Waals surface area contributed by atoms with E-state index in [-0.39, 0.29) is 11.6 Å². The number of carboxylic acids is 1. The van der Waals surface area contributed by atoms with Crippen LogP contribution in [0.2, 0.25) is 5.02 Å². The molecule has 1 aliphatic rings. The summed E-state index contributed by atoms with van der Waals surface area (Å²) in [5.41, 5.74) is 1.50. The topological polar surface area (TPSA) is 40.5 Å². The van der Waals surface area contributed by atoms with E-state index in [1.807, 2.05) is 36.1 Å². The van der Waals surface area contributed by atoms with Crippen LogP contribution >= 0.6 is 11.6 Å². The predicted octanol–water partition coefficient (Wildman–Crippen LogP) is 5.81. The SMILES string of the molecule is CCc1ccc(C(c2cc(C(F)(F)F)ccc2Cl)N2CCCC(C(=O)O)C2)cc1. The summed E-state index contributed by atoms with van der Waals surface area (Å²) in [7, 11) is 0. The zero-order chi connectivity index (χ0) is 21.2. The molecule has 2 aromatic rings. The van der Waals surface area contributed by atoms with Gasteiger partial charge < -0.3 is 5.11 Å². The highest BCUT2D eigenvalue weighted by molar-refractivity contribution is 6.31.